The van der Waals surface area contributed by atoms with Gasteiger partial charge in [-0.05, 0) is 24.6 Å². The molecule has 0 N–H and O–H groups in total. The fourth-order valence-electron chi connectivity index (χ4n) is 5.55. The van der Waals surface area contributed by atoms with E-state index < -0.39 is 5.60 Å². The van der Waals surface area contributed by atoms with Crippen LogP contribution in [-0.4, -0.2) is 72.6 Å². The number of carbonyl (C=O) groups excluding carboxylic acids is 2. The zero-order valence-corrected chi connectivity index (χ0v) is 20.4. The molecule has 1 aromatic carbocycles. The molecule has 1 saturated carbocycles. The Kier molecular flexibility index (Phi) is 5.70. The summed E-state index contributed by atoms with van der Waals surface area (Å²) < 4.78 is 16.9. The Morgan fingerprint density at radius 3 is 2.68 bits per heavy atom. The minimum Gasteiger partial charge on any atom is -0.497 e. The molecule has 2 fully saturated rings. The van der Waals surface area contributed by atoms with Crippen LogP contribution in [0.3, 0.4) is 0 Å². The molecular weight excluding hydrogens is 434 g/mol. The summed E-state index contributed by atoms with van der Waals surface area (Å²) in [5.74, 6) is 1.72. The average molecular weight is 468 g/mol. The second kappa shape index (κ2) is 8.56. The molecule has 5 rings (SSSR count). The number of amides is 3. The van der Waals surface area contributed by atoms with E-state index in [2.05, 4.69) is 13.0 Å². The third-order valence-corrected chi connectivity index (χ3v) is 7.59. The normalized spacial score (nSPS) is 27.8. The van der Waals surface area contributed by atoms with Gasteiger partial charge in [-0.3, -0.25) is 9.69 Å². The molecule has 3 amide bonds. The Bertz CT molecular complexity index is 1070. The topological polar surface area (TPSA) is 71.6 Å². The van der Waals surface area contributed by atoms with Crippen LogP contribution in [0.5, 0.6) is 11.5 Å². The van der Waals surface area contributed by atoms with Gasteiger partial charge < -0.3 is 24.0 Å². The summed E-state index contributed by atoms with van der Waals surface area (Å²) in [5, 5.41) is 0. The van der Waals surface area contributed by atoms with Crippen molar-refractivity contribution in [3.8, 4) is 11.5 Å². The Morgan fingerprint density at radius 1 is 1.21 bits per heavy atom. The maximum Gasteiger partial charge on any atom is 0.324 e. The van der Waals surface area contributed by atoms with E-state index in [0.717, 1.165) is 29.0 Å². The second-order valence-electron chi connectivity index (χ2n) is 9.49. The Labute approximate surface area is 200 Å². The summed E-state index contributed by atoms with van der Waals surface area (Å²) in [4.78, 5) is 32.7. The van der Waals surface area contributed by atoms with Gasteiger partial charge in [0.2, 0.25) is 0 Å². The van der Waals surface area contributed by atoms with E-state index in [1.807, 2.05) is 39.8 Å². The van der Waals surface area contributed by atoms with Gasteiger partial charge >= 0.3 is 6.03 Å². The van der Waals surface area contributed by atoms with Crippen molar-refractivity contribution in [1.82, 2.24) is 14.7 Å². The lowest BCUT2D eigenvalue weighted by Gasteiger charge is -2.30. The van der Waals surface area contributed by atoms with Gasteiger partial charge in [0.1, 0.15) is 11.5 Å². The van der Waals surface area contributed by atoms with E-state index in [4.69, 9.17) is 14.2 Å². The van der Waals surface area contributed by atoms with Gasteiger partial charge in [-0.1, -0.05) is 13.0 Å². The van der Waals surface area contributed by atoms with Gasteiger partial charge in [-0.2, -0.15) is 0 Å². The fraction of sp³-hybridized carbons (Fsp3) is 0.538. The van der Waals surface area contributed by atoms with Crippen LogP contribution < -0.4 is 9.47 Å². The van der Waals surface area contributed by atoms with E-state index in [1.165, 1.54) is 0 Å². The Hall–Kier alpha value is -3.16. The number of carbonyl (C=O) groups is 2. The molecule has 1 aliphatic carbocycles. The van der Waals surface area contributed by atoms with Gasteiger partial charge in [0, 0.05) is 68.2 Å². The monoisotopic (exact) mass is 467 g/mol. The highest BCUT2D eigenvalue weighted by Crippen LogP contribution is 2.53. The highest BCUT2D eigenvalue weighted by Gasteiger charge is 2.65. The number of rotatable bonds is 4. The summed E-state index contributed by atoms with van der Waals surface area (Å²) in [6, 6.07) is 3.85. The molecule has 3 aliphatic heterocycles. The van der Waals surface area contributed by atoms with Crippen LogP contribution in [0, 0.1) is 5.92 Å². The van der Waals surface area contributed by atoms with E-state index in [9.17, 15) is 9.59 Å². The number of benzene rings is 1. The van der Waals surface area contributed by atoms with E-state index >= 15 is 0 Å². The third-order valence-electron chi connectivity index (χ3n) is 7.59. The number of methoxy groups -OCH3 is 2. The number of nitrogens with zero attached hydrogens (tertiary/aromatic N) is 3. The Balaban J connectivity index is 1.49. The molecule has 3 heterocycles. The smallest absolute Gasteiger partial charge is 0.324 e. The second-order valence-corrected chi connectivity index (χ2v) is 9.49. The first-order valence-corrected chi connectivity index (χ1v) is 12.1. The molecule has 182 valence electrons. The number of allylic oxidation sites excluding steroid dienone is 1. The number of urea groups is 1. The molecule has 1 saturated heterocycles. The van der Waals surface area contributed by atoms with Crippen LogP contribution in [0.25, 0.3) is 0 Å². The Morgan fingerprint density at radius 2 is 2.03 bits per heavy atom. The third kappa shape index (κ3) is 3.60. The number of likely N-dealkylation sites (N-methyl/N-ethyl adjacent to an activating group) is 1. The molecule has 0 bridgehead atoms. The molecule has 1 aromatic rings. The van der Waals surface area contributed by atoms with Crippen LogP contribution in [0.4, 0.5) is 4.79 Å². The number of fused-ring (bicyclic) bond motifs is 3. The minimum atomic E-state index is -0.708. The lowest BCUT2D eigenvalue weighted by molar-refractivity contribution is -0.143. The van der Waals surface area contributed by atoms with Gasteiger partial charge in [0.15, 0.2) is 5.60 Å². The minimum absolute atomic E-state index is 0.0360. The summed E-state index contributed by atoms with van der Waals surface area (Å²) in [6.45, 7) is 6.64. The SMILES string of the molecule is CCN1CCN(C(=O)C23CC2C=CO3)CCC2=C[C@H](C)c3c(cc(OC)cc3OC)CN2C1=O. The summed E-state index contributed by atoms with van der Waals surface area (Å²) >= 11 is 0. The van der Waals surface area contributed by atoms with Crippen molar-refractivity contribution in [3.63, 3.8) is 0 Å². The van der Waals surface area contributed by atoms with Crippen molar-refractivity contribution in [2.24, 2.45) is 5.92 Å². The first-order valence-electron chi connectivity index (χ1n) is 12.1. The van der Waals surface area contributed by atoms with Crippen molar-refractivity contribution in [2.75, 3.05) is 40.4 Å². The maximum atomic E-state index is 13.7. The quantitative estimate of drug-likeness (QED) is 0.678. The molecule has 0 radical (unpaired) electrons. The van der Waals surface area contributed by atoms with E-state index in [0.29, 0.717) is 44.9 Å². The molecule has 0 aromatic heterocycles. The first kappa shape index (κ1) is 22.6. The standard InChI is InChI=1S/C26H33N3O5/c1-5-27-9-10-28(24(30)26-15-19(26)7-11-34-26)8-6-20-12-17(2)23-18(16-29(20)25(27)31)13-21(32-3)14-22(23)33-4/h7,11-14,17,19H,5-6,8-10,15-16H2,1-4H3/t17-,19?,26?/m0/s1. The summed E-state index contributed by atoms with van der Waals surface area (Å²) in [6.07, 6.45) is 7.12. The molecule has 8 heteroatoms. The fourth-order valence-corrected chi connectivity index (χ4v) is 5.55. The predicted molar refractivity (Wildman–Crippen MR) is 126 cm³/mol. The van der Waals surface area contributed by atoms with Crippen molar-refractivity contribution in [1.29, 1.82) is 0 Å². The number of hydrogen-bond donors (Lipinski definition) is 0. The molecule has 2 unspecified atom stereocenters. The average Bonchev–Trinajstić information content (AvgIpc) is 3.44. The van der Waals surface area contributed by atoms with Crippen molar-refractivity contribution < 1.29 is 23.8 Å². The van der Waals surface area contributed by atoms with Gasteiger partial charge in [0.25, 0.3) is 5.91 Å². The first-order chi connectivity index (χ1) is 16.4. The zero-order valence-electron chi connectivity index (χ0n) is 20.4. The van der Waals surface area contributed by atoms with Crippen LogP contribution in [0.1, 0.15) is 43.7 Å². The summed E-state index contributed by atoms with van der Waals surface area (Å²) in [7, 11) is 3.29. The van der Waals surface area contributed by atoms with Crippen molar-refractivity contribution in [3.05, 3.63) is 47.4 Å². The lowest BCUT2D eigenvalue weighted by Crippen LogP contribution is -2.47. The largest absolute Gasteiger partial charge is 0.497 e. The highest BCUT2D eigenvalue weighted by molar-refractivity contribution is 5.90. The van der Waals surface area contributed by atoms with Crippen LogP contribution >= 0.6 is 0 Å². The number of ether oxygens (including phenoxy) is 3. The van der Waals surface area contributed by atoms with Crippen LogP contribution in [-0.2, 0) is 16.1 Å². The van der Waals surface area contributed by atoms with E-state index in [1.54, 1.807) is 20.5 Å². The number of hydrogen-bond acceptors (Lipinski definition) is 5. The molecular formula is C26H33N3O5. The molecule has 8 nitrogen and oxygen atoms in total. The van der Waals surface area contributed by atoms with Crippen molar-refractivity contribution in [2.45, 2.75) is 44.8 Å². The van der Waals surface area contributed by atoms with Gasteiger partial charge in [-0.15, -0.1) is 0 Å². The highest BCUT2D eigenvalue weighted by atomic mass is 16.5. The van der Waals surface area contributed by atoms with Crippen LogP contribution in [0.15, 0.2) is 36.2 Å². The van der Waals surface area contributed by atoms with Crippen LogP contribution in [0.2, 0.25) is 0 Å². The molecule has 3 atom stereocenters. The molecule has 0 spiro atoms. The van der Waals surface area contributed by atoms with Gasteiger partial charge in [-0.25, -0.2) is 4.79 Å². The molecule has 34 heavy (non-hydrogen) atoms. The van der Waals surface area contributed by atoms with E-state index in [-0.39, 0.29) is 23.8 Å². The zero-order chi connectivity index (χ0) is 24.0. The maximum absolute atomic E-state index is 13.7. The lowest BCUT2D eigenvalue weighted by atomic mass is 9.94. The van der Waals surface area contributed by atoms with Gasteiger partial charge in [0.05, 0.1) is 27.0 Å². The molecule has 4 aliphatic rings. The van der Waals surface area contributed by atoms with Crippen molar-refractivity contribution >= 4 is 11.9 Å². The summed E-state index contributed by atoms with van der Waals surface area (Å²) in [5.41, 5.74) is 2.30. The predicted octanol–water partition coefficient (Wildman–Crippen LogP) is 3.48.